The highest BCUT2D eigenvalue weighted by molar-refractivity contribution is 9.10. The van der Waals surface area contributed by atoms with E-state index in [-0.39, 0.29) is 5.69 Å². The van der Waals surface area contributed by atoms with Gasteiger partial charge in [-0.25, -0.2) is 0 Å². The Hall–Kier alpha value is -1.94. The van der Waals surface area contributed by atoms with E-state index in [1.54, 1.807) is 12.1 Å². The maximum absolute atomic E-state index is 10.6. The van der Waals surface area contributed by atoms with Crippen LogP contribution in [0, 0.1) is 10.1 Å². The molecule has 0 amide bonds. The summed E-state index contributed by atoms with van der Waals surface area (Å²) < 4.78 is 1.04. The lowest BCUT2D eigenvalue weighted by atomic mass is 10.0. The first kappa shape index (κ1) is 13.5. The van der Waals surface area contributed by atoms with E-state index in [0.717, 1.165) is 21.2 Å². The van der Waals surface area contributed by atoms with E-state index < -0.39 is 4.92 Å². The molecule has 4 heteroatoms. The van der Waals surface area contributed by atoms with E-state index >= 15 is 0 Å². The molecule has 0 spiro atoms. The molecule has 96 valence electrons. The fourth-order valence-corrected chi connectivity index (χ4v) is 2.00. The molecular formula is C15H12BrNO2. The second-order valence-electron chi connectivity index (χ2n) is 4.18. The molecule has 0 aromatic heterocycles. The molecule has 2 aromatic rings. The second kappa shape index (κ2) is 5.80. The van der Waals surface area contributed by atoms with Crippen molar-refractivity contribution in [2.24, 2.45) is 0 Å². The molecule has 0 saturated carbocycles. The first-order chi connectivity index (χ1) is 9.06. The topological polar surface area (TPSA) is 43.1 Å². The normalized spacial score (nSPS) is 11.4. The standard InChI is InChI=1S/C15H12BrNO2/c1-11(13-4-6-14(16)7-5-13)10-12-2-8-15(9-3-12)17(18)19/h2-10H,1H3. The highest BCUT2D eigenvalue weighted by Gasteiger charge is 2.03. The summed E-state index contributed by atoms with van der Waals surface area (Å²) in [6.45, 7) is 2.02. The van der Waals surface area contributed by atoms with Gasteiger partial charge in [-0.2, -0.15) is 0 Å². The van der Waals surface area contributed by atoms with E-state index in [9.17, 15) is 10.1 Å². The highest BCUT2D eigenvalue weighted by Crippen LogP contribution is 2.21. The number of nitrogens with zero attached hydrogens (tertiary/aromatic N) is 1. The fourth-order valence-electron chi connectivity index (χ4n) is 1.74. The number of hydrogen-bond donors (Lipinski definition) is 0. The van der Waals surface area contributed by atoms with Gasteiger partial charge in [-0.15, -0.1) is 0 Å². The lowest BCUT2D eigenvalue weighted by molar-refractivity contribution is -0.384. The average Bonchev–Trinajstić information content (AvgIpc) is 2.40. The lowest BCUT2D eigenvalue weighted by Crippen LogP contribution is -1.87. The van der Waals surface area contributed by atoms with Crippen molar-refractivity contribution in [3.8, 4) is 0 Å². The van der Waals surface area contributed by atoms with Crippen molar-refractivity contribution in [2.45, 2.75) is 6.92 Å². The van der Waals surface area contributed by atoms with Gasteiger partial charge in [0, 0.05) is 16.6 Å². The van der Waals surface area contributed by atoms with Crippen molar-refractivity contribution < 1.29 is 4.92 Å². The number of nitro groups is 1. The third-order valence-electron chi connectivity index (χ3n) is 2.79. The van der Waals surface area contributed by atoms with E-state index in [0.29, 0.717) is 0 Å². The van der Waals surface area contributed by atoms with Gasteiger partial charge < -0.3 is 0 Å². The van der Waals surface area contributed by atoms with Crippen molar-refractivity contribution in [2.75, 3.05) is 0 Å². The summed E-state index contributed by atoms with van der Waals surface area (Å²) in [5, 5.41) is 10.6. The van der Waals surface area contributed by atoms with Gasteiger partial charge in [0.15, 0.2) is 0 Å². The lowest BCUT2D eigenvalue weighted by Gasteiger charge is -2.02. The van der Waals surface area contributed by atoms with Crippen LogP contribution in [0.4, 0.5) is 5.69 Å². The van der Waals surface area contributed by atoms with E-state index in [1.165, 1.54) is 12.1 Å². The SMILES string of the molecule is CC(=Cc1ccc([N+](=O)[O-])cc1)c1ccc(Br)cc1. The number of allylic oxidation sites excluding steroid dienone is 1. The summed E-state index contributed by atoms with van der Waals surface area (Å²) in [4.78, 5) is 10.2. The number of rotatable bonds is 3. The van der Waals surface area contributed by atoms with Gasteiger partial charge in [-0.1, -0.05) is 34.1 Å². The first-order valence-corrected chi connectivity index (χ1v) is 6.54. The molecule has 0 N–H and O–H groups in total. The Kier molecular flexibility index (Phi) is 4.12. The third kappa shape index (κ3) is 3.51. The highest BCUT2D eigenvalue weighted by atomic mass is 79.9. The van der Waals surface area contributed by atoms with Crippen LogP contribution >= 0.6 is 15.9 Å². The number of benzene rings is 2. The Balaban J connectivity index is 2.25. The Morgan fingerprint density at radius 1 is 1.11 bits per heavy atom. The van der Waals surface area contributed by atoms with Crippen molar-refractivity contribution >= 4 is 33.3 Å². The van der Waals surface area contributed by atoms with Crippen molar-refractivity contribution in [1.29, 1.82) is 0 Å². The van der Waals surface area contributed by atoms with Crippen LogP contribution in [0.15, 0.2) is 53.0 Å². The van der Waals surface area contributed by atoms with E-state index in [4.69, 9.17) is 0 Å². The molecule has 0 atom stereocenters. The zero-order chi connectivity index (χ0) is 13.8. The number of non-ortho nitro benzene ring substituents is 1. The van der Waals surface area contributed by atoms with Crippen LogP contribution in [0.25, 0.3) is 11.6 Å². The first-order valence-electron chi connectivity index (χ1n) is 5.75. The summed E-state index contributed by atoms with van der Waals surface area (Å²) in [6, 6.07) is 14.6. The van der Waals surface area contributed by atoms with Gasteiger partial charge in [0.05, 0.1) is 4.92 Å². The molecule has 19 heavy (non-hydrogen) atoms. The molecule has 2 aromatic carbocycles. The monoisotopic (exact) mass is 317 g/mol. The molecule has 0 aliphatic rings. The predicted molar refractivity (Wildman–Crippen MR) is 80.8 cm³/mol. The Morgan fingerprint density at radius 2 is 1.68 bits per heavy atom. The molecule has 0 unspecified atom stereocenters. The van der Waals surface area contributed by atoms with Crippen LogP contribution in [-0.4, -0.2) is 4.92 Å². The van der Waals surface area contributed by atoms with Crippen molar-refractivity contribution in [1.82, 2.24) is 0 Å². The summed E-state index contributed by atoms with van der Waals surface area (Å²) >= 11 is 3.40. The maximum Gasteiger partial charge on any atom is 0.269 e. The third-order valence-corrected chi connectivity index (χ3v) is 3.32. The predicted octanol–water partition coefficient (Wildman–Crippen LogP) is 4.92. The maximum atomic E-state index is 10.6. The van der Waals surface area contributed by atoms with Gasteiger partial charge in [-0.3, -0.25) is 10.1 Å². The molecule has 0 aliphatic carbocycles. The van der Waals surface area contributed by atoms with Gasteiger partial charge in [0.1, 0.15) is 0 Å². The molecule has 0 fully saturated rings. The Morgan fingerprint density at radius 3 is 2.21 bits per heavy atom. The van der Waals surface area contributed by atoms with Crippen LogP contribution in [0.5, 0.6) is 0 Å². The summed E-state index contributed by atoms with van der Waals surface area (Å²) in [7, 11) is 0. The molecular weight excluding hydrogens is 306 g/mol. The second-order valence-corrected chi connectivity index (χ2v) is 5.10. The molecule has 3 nitrogen and oxygen atoms in total. The number of nitro benzene ring substituents is 1. The van der Waals surface area contributed by atoms with E-state index in [1.807, 2.05) is 37.3 Å². The largest absolute Gasteiger partial charge is 0.269 e. The minimum absolute atomic E-state index is 0.110. The molecule has 0 radical (unpaired) electrons. The Labute approximate surface area is 119 Å². The smallest absolute Gasteiger partial charge is 0.258 e. The quantitative estimate of drug-likeness (QED) is 0.458. The zero-order valence-corrected chi connectivity index (χ0v) is 11.9. The van der Waals surface area contributed by atoms with Crippen molar-refractivity contribution in [3.05, 3.63) is 74.2 Å². The van der Waals surface area contributed by atoms with Gasteiger partial charge in [0.2, 0.25) is 0 Å². The molecule has 0 saturated heterocycles. The number of hydrogen-bond acceptors (Lipinski definition) is 2. The molecule has 0 aliphatic heterocycles. The molecule has 0 heterocycles. The minimum Gasteiger partial charge on any atom is -0.258 e. The summed E-state index contributed by atoms with van der Waals surface area (Å²) in [5.74, 6) is 0. The molecule has 0 bridgehead atoms. The summed E-state index contributed by atoms with van der Waals surface area (Å²) in [5.41, 5.74) is 3.30. The zero-order valence-electron chi connectivity index (χ0n) is 10.3. The van der Waals surface area contributed by atoms with Crippen LogP contribution in [-0.2, 0) is 0 Å². The fraction of sp³-hybridized carbons (Fsp3) is 0.0667. The summed E-state index contributed by atoms with van der Waals surface area (Å²) in [6.07, 6.45) is 2.01. The average molecular weight is 318 g/mol. The van der Waals surface area contributed by atoms with Gasteiger partial charge in [0.25, 0.3) is 5.69 Å². The van der Waals surface area contributed by atoms with E-state index in [2.05, 4.69) is 15.9 Å². The van der Waals surface area contributed by atoms with Gasteiger partial charge in [-0.05, 0) is 47.9 Å². The minimum atomic E-state index is -0.394. The molecule has 2 rings (SSSR count). The van der Waals surface area contributed by atoms with Crippen LogP contribution in [0.1, 0.15) is 18.1 Å². The van der Waals surface area contributed by atoms with Crippen LogP contribution in [0.3, 0.4) is 0 Å². The number of halogens is 1. The van der Waals surface area contributed by atoms with Crippen LogP contribution < -0.4 is 0 Å². The van der Waals surface area contributed by atoms with Gasteiger partial charge >= 0.3 is 0 Å². The van der Waals surface area contributed by atoms with Crippen LogP contribution in [0.2, 0.25) is 0 Å². The van der Waals surface area contributed by atoms with Crippen molar-refractivity contribution in [3.63, 3.8) is 0 Å². The Bertz CT molecular complexity index is 616.